The molecule has 5 rings (SSSR count). The van der Waals surface area contributed by atoms with Crippen LogP contribution in [-0.4, -0.2) is 28.5 Å². The van der Waals surface area contributed by atoms with Gasteiger partial charge in [-0.2, -0.15) is 0 Å². The Labute approximate surface area is 181 Å². The molecule has 0 saturated carbocycles. The van der Waals surface area contributed by atoms with Gasteiger partial charge in [-0.15, -0.1) is 10.2 Å². The molecule has 0 radical (unpaired) electrons. The number of pyridine rings is 1. The summed E-state index contributed by atoms with van der Waals surface area (Å²) in [5.74, 6) is 0.984. The van der Waals surface area contributed by atoms with E-state index >= 15 is 0 Å². The molecule has 0 aliphatic carbocycles. The lowest BCUT2D eigenvalue weighted by Gasteiger charge is -2.10. The van der Waals surface area contributed by atoms with Crippen LogP contribution in [-0.2, 0) is 12.3 Å². The van der Waals surface area contributed by atoms with Gasteiger partial charge in [-0.25, -0.2) is 4.98 Å². The quantitative estimate of drug-likeness (QED) is 0.397. The zero-order valence-electron chi connectivity index (χ0n) is 17.1. The van der Waals surface area contributed by atoms with Gasteiger partial charge in [-0.05, 0) is 37.1 Å². The van der Waals surface area contributed by atoms with E-state index < -0.39 is 0 Å². The molecule has 1 aromatic carbocycles. The van der Waals surface area contributed by atoms with Gasteiger partial charge in [0.25, 0.3) is 11.1 Å². The molecule has 0 N–H and O–H groups in total. The van der Waals surface area contributed by atoms with E-state index in [4.69, 9.17) is 0 Å². The number of thioether (sulfide) groups is 1. The molecule has 31 heavy (non-hydrogen) atoms. The maximum Gasteiger partial charge on any atom is 0.262 e. The minimum atomic E-state index is -0.113. The summed E-state index contributed by atoms with van der Waals surface area (Å²) < 4.78 is 5.13. The number of benzene rings is 1. The number of para-hydroxylation sites is 1. The third-order valence-electron chi connectivity index (χ3n) is 5.21. The van der Waals surface area contributed by atoms with E-state index in [1.807, 2.05) is 54.6 Å². The molecular formula is C22H20N6O2S. The first-order valence-corrected chi connectivity index (χ1v) is 11.0. The van der Waals surface area contributed by atoms with Crippen LogP contribution in [0.15, 0.2) is 63.4 Å². The summed E-state index contributed by atoms with van der Waals surface area (Å²) in [7, 11) is 0. The number of fused-ring (bicyclic) bond motifs is 4. The molecule has 0 atom stereocenters. The van der Waals surface area contributed by atoms with Crippen molar-refractivity contribution in [2.24, 2.45) is 0 Å². The highest BCUT2D eigenvalue weighted by atomic mass is 32.2. The molecular weight excluding hydrogens is 412 g/mol. The smallest absolute Gasteiger partial charge is 0.262 e. The van der Waals surface area contributed by atoms with Crippen molar-refractivity contribution in [1.82, 2.24) is 28.5 Å². The van der Waals surface area contributed by atoms with Crippen LogP contribution in [0.2, 0.25) is 0 Å². The summed E-state index contributed by atoms with van der Waals surface area (Å²) in [6.45, 7) is 4.53. The number of aromatic nitrogens is 6. The van der Waals surface area contributed by atoms with Crippen molar-refractivity contribution in [2.75, 3.05) is 0 Å². The zero-order valence-corrected chi connectivity index (χ0v) is 18.0. The van der Waals surface area contributed by atoms with Crippen LogP contribution in [0, 0.1) is 6.92 Å². The van der Waals surface area contributed by atoms with Gasteiger partial charge in [0.2, 0.25) is 5.78 Å². The predicted molar refractivity (Wildman–Crippen MR) is 121 cm³/mol. The fourth-order valence-electron chi connectivity index (χ4n) is 3.77. The Balaban J connectivity index is 1.61. The van der Waals surface area contributed by atoms with Crippen molar-refractivity contribution >= 4 is 34.1 Å². The molecule has 8 nitrogen and oxygen atoms in total. The minimum absolute atomic E-state index is 0.0615. The first-order valence-electron chi connectivity index (χ1n) is 10.1. The Morgan fingerprint density at radius 3 is 2.74 bits per heavy atom. The van der Waals surface area contributed by atoms with Crippen molar-refractivity contribution in [1.29, 1.82) is 0 Å². The van der Waals surface area contributed by atoms with Gasteiger partial charge in [0, 0.05) is 24.6 Å². The molecule has 156 valence electrons. The van der Waals surface area contributed by atoms with Gasteiger partial charge < -0.3 is 0 Å². The van der Waals surface area contributed by atoms with Gasteiger partial charge in [0.15, 0.2) is 5.16 Å². The van der Waals surface area contributed by atoms with Crippen LogP contribution >= 0.6 is 11.8 Å². The highest BCUT2D eigenvalue weighted by Crippen LogP contribution is 2.24. The molecule has 0 unspecified atom stereocenters. The number of hydrogen-bond acceptors (Lipinski definition) is 6. The molecule has 4 heterocycles. The molecule has 4 aromatic heterocycles. The van der Waals surface area contributed by atoms with Gasteiger partial charge in [0.05, 0.1) is 16.6 Å². The molecule has 0 amide bonds. The van der Waals surface area contributed by atoms with Crippen LogP contribution < -0.4 is 11.1 Å². The first kappa shape index (κ1) is 19.5. The van der Waals surface area contributed by atoms with Gasteiger partial charge in [-0.3, -0.25) is 23.0 Å². The van der Waals surface area contributed by atoms with Crippen LogP contribution in [0.25, 0.3) is 22.3 Å². The molecule has 0 aliphatic heterocycles. The standard InChI is InChI=1S/C22H20N6O2S/c1-3-10-27-20(30)16-8-4-5-9-17(16)28-21(27)24-25-22(28)31-13-15-12-18(29)26-11-6-7-14(2)19(26)23-15/h4-9,11-12H,3,10,13H2,1-2H3. The van der Waals surface area contributed by atoms with E-state index in [2.05, 4.69) is 15.2 Å². The van der Waals surface area contributed by atoms with Crippen LogP contribution in [0.1, 0.15) is 24.6 Å². The second-order valence-electron chi connectivity index (χ2n) is 7.35. The van der Waals surface area contributed by atoms with E-state index in [9.17, 15) is 9.59 Å². The van der Waals surface area contributed by atoms with Gasteiger partial charge in [0.1, 0.15) is 5.65 Å². The molecule has 0 bridgehead atoms. The Morgan fingerprint density at radius 1 is 1.06 bits per heavy atom. The fourth-order valence-corrected chi connectivity index (χ4v) is 4.61. The minimum Gasteiger partial charge on any atom is -0.276 e. The summed E-state index contributed by atoms with van der Waals surface area (Å²) in [5, 5.41) is 9.95. The third kappa shape index (κ3) is 3.21. The van der Waals surface area contributed by atoms with E-state index in [0.717, 1.165) is 17.5 Å². The van der Waals surface area contributed by atoms with Gasteiger partial charge >= 0.3 is 0 Å². The van der Waals surface area contributed by atoms with Crippen LogP contribution in [0.5, 0.6) is 0 Å². The Bertz CT molecular complexity index is 1570. The Kier molecular flexibility index (Phi) is 4.82. The van der Waals surface area contributed by atoms with E-state index in [0.29, 0.717) is 40.0 Å². The lowest BCUT2D eigenvalue weighted by Crippen LogP contribution is -2.23. The maximum absolute atomic E-state index is 12.9. The second-order valence-corrected chi connectivity index (χ2v) is 8.29. The highest BCUT2D eigenvalue weighted by Gasteiger charge is 2.17. The average Bonchev–Trinajstić information content (AvgIpc) is 3.20. The molecule has 0 saturated heterocycles. The second kappa shape index (κ2) is 7.66. The number of hydrogen-bond donors (Lipinski definition) is 0. The SMILES string of the molecule is CCCn1c(=O)c2ccccc2n2c(SCc3cc(=O)n4cccc(C)c4n3)nnc12. The summed E-state index contributed by atoms with van der Waals surface area (Å²) in [4.78, 5) is 30.1. The predicted octanol–water partition coefficient (Wildman–Crippen LogP) is 3.06. The lowest BCUT2D eigenvalue weighted by atomic mass is 10.2. The number of aryl methyl sites for hydroxylation is 2. The fraction of sp³-hybridized carbons (Fsp3) is 0.227. The van der Waals surface area contributed by atoms with E-state index in [1.54, 1.807) is 21.2 Å². The van der Waals surface area contributed by atoms with E-state index in [1.165, 1.54) is 11.8 Å². The molecule has 9 heteroatoms. The lowest BCUT2D eigenvalue weighted by molar-refractivity contribution is 0.662. The van der Waals surface area contributed by atoms with E-state index in [-0.39, 0.29) is 11.1 Å². The third-order valence-corrected chi connectivity index (χ3v) is 6.18. The highest BCUT2D eigenvalue weighted by molar-refractivity contribution is 7.98. The Morgan fingerprint density at radius 2 is 1.90 bits per heavy atom. The molecule has 0 aliphatic rings. The largest absolute Gasteiger partial charge is 0.276 e. The first-order chi connectivity index (χ1) is 15.1. The monoisotopic (exact) mass is 432 g/mol. The molecule has 0 spiro atoms. The van der Waals surface area contributed by atoms with Crippen molar-refractivity contribution in [2.45, 2.75) is 37.7 Å². The number of nitrogens with zero attached hydrogens (tertiary/aromatic N) is 6. The topological polar surface area (TPSA) is 86.6 Å². The van der Waals surface area contributed by atoms with Crippen molar-refractivity contribution < 1.29 is 0 Å². The van der Waals surface area contributed by atoms with Gasteiger partial charge in [-0.1, -0.05) is 36.9 Å². The maximum atomic E-state index is 12.9. The molecule has 5 aromatic rings. The van der Waals surface area contributed by atoms with Crippen LogP contribution in [0.3, 0.4) is 0 Å². The van der Waals surface area contributed by atoms with Crippen molar-refractivity contribution in [3.05, 3.63) is 80.6 Å². The zero-order chi connectivity index (χ0) is 21.5. The summed E-state index contributed by atoms with van der Waals surface area (Å²) in [6.07, 6.45) is 2.54. The van der Waals surface area contributed by atoms with Crippen molar-refractivity contribution in [3.63, 3.8) is 0 Å². The summed E-state index contributed by atoms with van der Waals surface area (Å²) in [6, 6.07) is 12.8. The van der Waals surface area contributed by atoms with Crippen LogP contribution in [0.4, 0.5) is 0 Å². The van der Waals surface area contributed by atoms with Crippen molar-refractivity contribution in [3.8, 4) is 0 Å². The normalized spacial score (nSPS) is 11.7. The molecule has 0 fully saturated rings. The summed E-state index contributed by atoms with van der Waals surface area (Å²) in [5.41, 5.74) is 2.86. The average molecular weight is 433 g/mol. The Hall–Kier alpha value is -3.46. The number of rotatable bonds is 5. The summed E-state index contributed by atoms with van der Waals surface area (Å²) >= 11 is 1.44.